The van der Waals surface area contributed by atoms with Gasteiger partial charge in [0.05, 0.1) is 25.9 Å². The predicted molar refractivity (Wildman–Crippen MR) is 94.9 cm³/mol. The summed E-state index contributed by atoms with van der Waals surface area (Å²) in [6.45, 7) is 5.79. The first-order valence-corrected chi connectivity index (χ1v) is 8.17. The monoisotopic (exact) mass is 326 g/mol. The zero-order valence-corrected chi connectivity index (χ0v) is 13.8. The molecule has 0 saturated carbocycles. The van der Waals surface area contributed by atoms with E-state index < -0.39 is 0 Å². The lowest BCUT2D eigenvalue weighted by molar-refractivity contribution is 0.271. The molecule has 3 rings (SSSR count). The molecule has 0 radical (unpaired) electrons. The van der Waals surface area contributed by atoms with Crippen LogP contribution in [0.3, 0.4) is 0 Å². The van der Waals surface area contributed by atoms with Crippen molar-refractivity contribution in [3.05, 3.63) is 48.2 Å². The molecule has 1 N–H and O–H groups in total. The van der Waals surface area contributed by atoms with E-state index in [-0.39, 0.29) is 5.75 Å². The van der Waals surface area contributed by atoms with Crippen LogP contribution in [0.4, 0.5) is 5.82 Å². The molecule has 1 aliphatic heterocycles. The summed E-state index contributed by atoms with van der Waals surface area (Å²) in [6.07, 6.45) is 3.50. The summed E-state index contributed by atoms with van der Waals surface area (Å²) in [5.74, 6) is 1.62. The van der Waals surface area contributed by atoms with Gasteiger partial charge < -0.3 is 14.7 Å². The zero-order valence-electron chi connectivity index (χ0n) is 13.8. The molecule has 0 aliphatic carbocycles. The lowest BCUT2D eigenvalue weighted by Gasteiger charge is -2.33. The van der Waals surface area contributed by atoms with Crippen LogP contribution in [0.15, 0.2) is 47.7 Å². The molecule has 2 heterocycles. The first kappa shape index (κ1) is 16.1. The molecule has 2 aromatic rings. The van der Waals surface area contributed by atoms with Gasteiger partial charge in [-0.3, -0.25) is 5.01 Å². The van der Waals surface area contributed by atoms with E-state index in [0.29, 0.717) is 17.9 Å². The molecule has 1 fully saturated rings. The number of hydrogen-bond acceptors (Lipinski definition) is 6. The molecule has 0 spiro atoms. The molecule has 0 bridgehead atoms. The van der Waals surface area contributed by atoms with Gasteiger partial charge in [-0.25, -0.2) is 4.98 Å². The highest BCUT2D eigenvalue weighted by Crippen LogP contribution is 2.28. The fraction of sp³-hybridized carbons (Fsp3) is 0.333. The van der Waals surface area contributed by atoms with Gasteiger partial charge >= 0.3 is 0 Å². The quantitative estimate of drug-likeness (QED) is 0.855. The van der Waals surface area contributed by atoms with Crippen LogP contribution in [0.1, 0.15) is 12.5 Å². The Morgan fingerprint density at radius 1 is 1.17 bits per heavy atom. The Bertz CT molecular complexity index is 683. The average Bonchev–Trinajstić information content (AvgIpc) is 2.64. The lowest BCUT2D eigenvalue weighted by atomic mass is 10.2. The summed E-state index contributed by atoms with van der Waals surface area (Å²) in [5, 5.41) is 16.7. The van der Waals surface area contributed by atoms with Crippen molar-refractivity contribution in [1.29, 1.82) is 0 Å². The van der Waals surface area contributed by atoms with Crippen LogP contribution < -0.4 is 9.64 Å². The highest BCUT2D eigenvalue weighted by atomic mass is 16.5. The number of para-hydroxylation sites is 1. The van der Waals surface area contributed by atoms with E-state index in [1.807, 2.05) is 48.5 Å². The Kier molecular flexibility index (Phi) is 5.15. The fourth-order valence-electron chi connectivity index (χ4n) is 2.64. The number of piperazine rings is 1. The molecule has 1 aromatic carbocycles. The van der Waals surface area contributed by atoms with Crippen LogP contribution in [0.2, 0.25) is 0 Å². The second kappa shape index (κ2) is 7.68. The topological polar surface area (TPSA) is 61.2 Å². The number of nitrogens with zero attached hydrogens (tertiary/aromatic N) is 4. The molecular formula is C18H22N4O2. The number of pyridine rings is 1. The largest absolute Gasteiger partial charge is 0.504 e. The average molecular weight is 326 g/mol. The Labute approximate surface area is 142 Å². The Hall–Kier alpha value is -2.76. The maximum absolute atomic E-state index is 10.2. The van der Waals surface area contributed by atoms with Crippen LogP contribution >= 0.6 is 0 Å². The summed E-state index contributed by atoms with van der Waals surface area (Å²) < 4.78 is 5.39. The van der Waals surface area contributed by atoms with E-state index in [0.717, 1.165) is 32.0 Å². The van der Waals surface area contributed by atoms with E-state index in [1.54, 1.807) is 12.3 Å². The van der Waals surface area contributed by atoms with E-state index >= 15 is 0 Å². The van der Waals surface area contributed by atoms with Crippen LogP contribution in [0.5, 0.6) is 11.5 Å². The molecular weight excluding hydrogens is 304 g/mol. The number of aromatic hydroxyl groups is 1. The predicted octanol–water partition coefficient (Wildman–Crippen LogP) is 2.34. The van der Waals surface area contributed by atoms with Gasteiger partial charge in [-0.05, 0) is 31.2 Å². The summed E-state index contributed by atoms with van der Waals surface area (Å²) in [4.78, 5) is 6.63. The maximum Gasteiger partial charge on any atom is 0.166 e. The minimum atomic E-state index is 0.134. The van der Waals surface area contributed by atoms with E-state index in [4.69, 9.17) is 4.74 Å². The summed E-state index contributed by atoms with van der Waals surface area (Å²) in [6, 6.07) is 11.4. The van der Waals surface area contributed by atoms with Crippen molar-refractivity contribution in [2.75, 3.05) is 37.7 Å². The zero-order chi connectivity index (χ0) is 16.8. The second-order valence-electron chi connectivity index (χ2n) is 5.50. The number of hydrazone groups is 1. The minimum Gasteiger partial charge on any atom is -0.504 e. The summed E-state index contributed by atoms with van der Waals surface area (Å²) in [5.41, 5.74) is 0.660. The standard InChI is InChI=1S/C18H22N4O2/c1-2-24-16-7-5-6-15(18(16)23)14-20-22-12-10-21(11-13-22)17-8-3-4-9-19-17/h3-9,14,23H,2,10-13H2,1H3/b20-14-. The maximum atomic E-state index is 10.2. The number of anilines is 1. The van der Waals surface area contributed by atoms with Gasteiger partial charge in [0.1, 0.15) is 5.82 Å². The second-order valence-corrected chi connectivity index (χ2v) is 5.50. The van der Waals surface area contributed by atoms with Crippen LogP contribution in [0, 0.1) is 0 Å². The van der Waals surface area contributed by atoms with Gasteiger partial charge in [0.15, 0.2) is 11.5 Å². The van der Waals surface area contributed by atoms with Gasteiger partial charge in [0, 0.05) is 24.8 Å². The van der Waals surface area contributed by atoms with E-state index in [2.05, 4.69) is 15.0 Å². The van der Waals surface area contributed by atoms with E-state index in [9.17, 15) is 5.11 Å². The normalized spacial score (nSPS) is 15.0. The molecule has 6 nitrogen and oxygen atoms in total. The lowest BCUT2D eigenvalue weighted by Crippen LogP contribution is -2.44. The number of rotatable bonds is 5. The summed E-state index contributed by atoms with van der Waals surface area (Å²) >= 11 is 0. The number of phenolic OH excluding ortho intramolecular Hbond substituents is 1. The van der Waals surface area contributed by atoms with Crippen molar-refractivity contribution in [3.63, 3.8) is 0 Å². The molecule has 1 saturated heterocycles. The Balaban J connectivity index is 1.60. The molecule has 6 heteroatoms. The van der Waals surface area contributed by atoms with Crippen molar-refractivity contribution in [2.45, 2.75) is 6.92 Å². The van der Waals surface area contributed by atoms with Gasteiger partial charge in [-0.2, -0.15) is 5.10 Å². The molecule has 0 unspecified atom stereocenters. The third-order valence-electron chi connectivity index (χ3n) is 3.92. The van der Waals surface area contributed by atoms with Gasteiger partial charge in [0.25, 0.3) is 0 Å². The molecule has 0 atom stereocenters. The SMILES string of the molecule is CCOc1cccc(/C=N\N2CCN(c3ccccn3)CC2)c1O. The molecule has 126 valence electrons. The number of ether oxygens (including phenoxy) is 1. The van der Waals surface area contributed by atoms with Crippen molar-refractivity contribution in [2.24, 2.45) is 5.10 Å². The van der Waals surface area contributed by atoms with Crippen molar-refractivity contribution in [3.8, 4) is 11.5 Å². The van der Waals surface area contributed by atoms with Crippen LogP contribution in [-0.2, 0) is 0 Å². The molecule has 1 aromatic heterocycles. The van der Waals surface area contributed by atoms with Crippen molar-refractivity contribution < 1.29 is 9.84 Å². The summed E-state index contributed by atoms with van der Waals surface area (Å²) in [7, 11) is 0. The van der Waals surface area contributed by atoms with Crippen LogP contribution in [0.25, 0.3) is 0 Å². The Morgan fingerprint density at radius 3 is 2.71 bits per heavy atom. The van der Waals surface area contributed by atoms with Crippen molar-refractivity contribution in [1.82, 2.24) is 9.99 Å². The minimum absolute atomic E-state index is 0.134. The van der Waals surface area contributed by atoms with Crippen molar-refractivity contribution >= 4 is 12.0 Å². The number of aromatic nitrogens is 1. The highest BCUT2D eigenvalue weighted by molar-refractivity contribution is 5.84. The van der Waals surface area contributed by atoms with Gasteiger partial charge in [0.2, 0.25) is 0 Å². The smallest absolute Gasteiger partial charge is 0.166 e. The first-order chi connectivity index (χ1) is 11.8. The fourth-order valence-corrected chi connectivity index (χ4v) is 2.64. The molecule has 1 aliphatic rings. The first-order valence-electron chi connectivity index (χ1n) is 8.17. The number of hydrogen-bond donors (Lipinski definition) is 1. The number of phenols is 1. The Morgan fingerprint density at radius 2 is 2.00 bits per heavy atom. The molecule has 0 amide bonds. The van der Waals surface area contributed by atoms with Gasteiger partial charge in [-0.15, -0.1) is 0 Å². The highest BCUT2D eigenvalue weighted by Gasteiger charge is 2.16. The van der Waals surface area contributed by atoms with Crippen LogP contribution in [-0.4, -0.2) is 54.1 Å². The van der Waals surface area contributed by atoms with E-state index in [1.165, 1.54) is 0 Å². The molecule has 24 heavy (non-hydrogen) atoms. The van der Waals surface area contributed by atoms with Gasteiger partial charge in [-0.1, -0.05) is 12.1 Å². The third kappa shape index (κ3) is 3.76. The number of benzene rings is 1. The third-order valence-corrected chi connectivity index (χ3v) is 3.92.